The number of benzene rings is 1. The summed E-state index contributed by atoms with van der Waals surface area (Å²) in [6.45, 7) is 5.52. The van der Waals surface area contributed by atoms with Crippen LogP contribution < -0.4 is 5.32 Å². The van der Waals surface area contributed by atoms with E-state index in [1.807, 2.05) is 6.92 Å². The van der Waals surface area contributed by atoms with Crippen LogP contribution in [0.2, 0.25) is 5.02 Å². The highest BCUT2D eigenvalue weighted by atomic mass is 35.5. The van der Waals surface area contributed by atoms with Crippen LogP contribution in [0.5, 0.6) is 0 Å². The second-order valence-electron chi connectivity index (χ2n) is 6.09. The quantitative estimate of drug-likeness (QED) is 0.686. The molecule has 152 valence electrons. The SMILES string of the molecule is CCOC(=O)c1c(NC(=O)c2ccc(Cl)c(S(=O)(=O)N(C)C)c2)sc(C)c1C. The van der Waals surface area contributed by atoms with Crippen LogP contribution >= 0.6 is 22.9 Å². The lowest BCUT2D eigenvalue weighted by molar-refractivity contribution is 0.0527. The maximum Gasteiger partial charge on any atom is 0.341 e. The largest absolute Gasteiger partial charge is 0.462 e. The molecule has 1 N–H and O–H groups in total. The highest BCUT2D eigenvalue weighted by molar-refractivity contribution is 7.89. The van der Waals surface area contributed by atoms with Crippen molar-refractivity contribution in [2.45, 2.75) is 25.7 Å². The first-order chi connectivity index (χ1) is 13.0. The topological polar surface area (TPSA) is 92.8 Å². The number of esters is 1. The Bertz CT molecular complexity index is 1030. The molecule has 1 heterocycles. The van der Waals surface area contributed by atoms with Crippen molar-refractivity contribution in [2.75, 3.05) is 26.0 Å². The number of nitrogens with zero attached hydrogens (tertiary/aromatic N) is 1. The van der Waals surface area contributed by atoms with E-state index in [0.29, 0.717) is 10.6 Å². The van der Waals surface area contributed by atoms with Crippen molar-refractivity contribution in [3.63, 3.8) is 0 Å². The van der Waals surface area contributed by atoms with Crippen LogP contribution in [0.15, 0.2) is 23.1 Å². The molecule has 0 fully saturated rings. The van der Waals surface area contributed by atoms with Crippen LogP contribution in [-0.4, -0.2) is 45.3 Å². The number of thiophene rings is 1. The molecular weight excluding hydrogens is 424 g/mol. The van der Waals surface area contributed by atoms with Gasteiger partial charge in [-0.1, -0.05) is 11.6 Å². The van der Waals surface area contributed by atoms with Crippen LogP contribution in [0.25, 0.3) is 0 Å². The summed E-state index contributed by atoms with van der Waals surface area (Å²) in [5, 5.41) is 3.05. The van der Waals surface area contributed by atoms with Crippen molar-refractivity contribution in [3.8, 4) is 0 Å². The Morgan fingerprint density at radius 3 is 2.46 bits per heavy atom. The first-order valence-electron chi connectivity index (χ1n) is 8.31. The maximum atomic E-state index is 12.7. The van der Waals surface area contributed by atoms with Gasteiger partial charge in [0.15, 0.2) is 0 Å². The van der Waals surface area contributed by atoms with Gasteiger partial charge >= 0.3 is 5.97 Å². The Labute approximate surface area is 173 Å². The van der Waals surface area contributed by atoms with Crippen molar-refractivity contribution in [1.82, 2.24) is 4.31 Å². The van der Waals surface area contributed by atoms with Crippen LogP contribution in [-0.2, 0) is 14.8 Å². The van der Waals surface area contributed by atoms with E-state index in [-0.39, 0.29) is 22.1 Å². The van der Waals surface area contributed by atoms with E-state index in [1.165, 1.54) is 43.6 Å². The van der Waals surface area contributed by atoms with Gasteiger partial charge in [-0.2, -0.15) is 0 Å². The predicted octanol–water partition coefficient (Wildman–Crippen LogP) is 3.70. The molecule has 0 bridgehead atoms. The number of hydrogen-bond donors (Lipinski definition) is 1. The summed E-state index contributed by atoms with van der Waals surface area (Å²) < 4.78 is 30.9. The van der Waals surface area contributed by atoms with Crippen LogP contribution in [0.1, 0.15) is 38.1 Å². The number of amides is 1. The fraction of sp³-hybridized carbons (Fsp3) is 0.333. The van der Waals surface area contributed by atoms with E-state index >= 15 is 0 Å². The van der Waals surface area contributed by atoms with E-state index in [4.69, 9.17) is 16.3 Å². The Morgan fingerprint density at radius 2 is 1.89 bits per heavy atom. The zero-order valence-corrected chi connectivity index (χ0v) is 18.5. The lowest BCUT2D eigenvalue weighted by Crippen LogP contribution is -2.23. The summed E-state index contributed by atoms with van der Waals surface area (Å²) >= 11 is 7.27. The minimum atomic E-state index is -3.82. The average molecular weight is 445 g/mol. The molecule has 0 aliphatic carbocycles. The third-order valence-electron chi connectivity index (χ3n) is 4.04. The standard InChI is InChI=1S/C18H21ClN2O5S2/c1-6-26-18(23)15-10(2)11(3)27-17(15)20-16(22)12-7-8-13(19)14(9-12)28(24,25)21(4)5/h7-9H,6H2,1-5H3,(H,20,22). The Hall–Kier alpha value is -1.94. The summed E-state index contributed by atoms with van der Waals surface area (Å²) in [5.41, 5.74) is 1.13. The summed E-state index contributed by atoms with van der Waals surface area (Å²) in [4.78, 5) is 25.7. The lowest BCUT2D eigenvalue weighted by atomic mass is 10.1. The zero-order chi connectivity index (χ0) is 21.2. The lowest BCUT2D eigenvalue weighted by Gasteiger charge is -2.14. The number of carbonyl (C=O) groups excluding carboxylic acids is 2. The minimum absolute atomic E-state index is 0.0141. The first kappa shape index (κ1) is 22.4. The molecule has 0 aliphatic rings. The van der Waals surface area contributed by atoms with E-state index in [0.717, 1.165) is 14.7 Å². The first-order valence-corrected chi connectivity index (χ1v) is 10.9. The van der Waals surface area contributed by atoms with Gasteiger partial charge in [0.2, 0.25) is 10.0 Å². The normalized spacial score (nSPS) is 11.5. The van der Waals surface area contributed by atoms with E-state index < -0.39 is 21.9 Å². The van der Waals surface area contributed by atoms with Crippen molar-refractivity contribution < 1.29 is 22.7 Å². The van der Waals surface area contributed by atoms with Crippen molar-refractivity contribution in [3.05, 3.63) is 44.8 Å². The molecule has 0 atom stereocenters. The molecule has 1 aromatic carbocycles. The number of halogens is 1. The number of nitrogens with one attached hydrogen (secondary N) is 1. The van der Waals surface area contributed by atoms with E-state index in [1.54, 1.807) is 13.8 Å². The van der Waals surface area contributed by atoms with Gasteiger partial charge in [-0.3, -0.25) is 4.79 Å². The van der Waals surface area contributed by atoms with Gasteiger partial charge in [0.25, 0.3) is 5.91 Å². The molecule has 0 spiro atoms. The van der Waals surface area contributed by atoms with Gasteiger partial charge < -0.3 is 10.1 Å². The minimum Gasteiger partial charge on any atom is -0.462 e. The molecule has 7 nitrogen and oxygen atoms in total. The van der Waals surface area contributed by atoms with E-state index in [2.05, 4.69) is 5.32 Å². The fourth-order valence-electron chi connectivity index (χ4n) is 2.38. The fourth-order valence-corrected chi connectivity index (χ4v) is 4.82. The number of anilines is 1. The second-order valence-corrected chi connectivity index (χ2v) is 9.85. The summed E-state index contributed by atoms with van der Waals surface area (Å²) in [6, 6.07) is 3.98. The van der Waals surface area contributed by atoms with Gasteiger partial charge in [0.05, 0.1) is 17.2 Å². The van der Waals surface area contributed by atoms with Gasteiger partial charge in [0, 0.05) is 24.5 Å². The summed E-state index contributed by atoms with van der Waals surface area (Å²) in [7, 11) is -1.07. The zero-order valence-electron chi connectivity index (χ0n) is 16.1. The molecule has 0 radical (unpaired) electrons. The molecule has 2 rings (SSSR count). The molecule has 10 heteroatoms. The number of aryl methyl sites for hydroxylation is 1. The van der Waals surface area contributed by atoms with Crippen LogP contribution in [0.3, 0.4) is 0 Å². The van der Waals surface area contributed by atoms with E-state index in [9.17, 15) is 18.0 Å². The number of rotatable bonds is 6. The smallest absolute Gasteiger partial charge is 0.341 e. The van der Waals surface area contributed by atoms with Gasteiger partial charge in [-0.05, 0) is 44.5 Å². The molecular formula is C18H21ClN2O5S2. The Balaban J connectivity index is 2.42. The summed E-state index contributed by atoms with van der Waals surface area (Å²) in [5.74, 6) is -1.08. The van der Waals surface area contributed by atoms with Crippen LogP contribution in [0.4, 0.5) is 5.00 Å². The van der Waals surface area contributed by atoms with Crippen molar-refractivity contribution in [2.24, 2.45) is 0 Å². The highest BCUT2D eigenvalue weighted by Gasteiger charge is 2.25. The average Bonchev–Trinajstić information content (AvgIpc) is 2.88. The molecule has 1 aromatic heterocycles. The number of ether oxygens (including phenoxy) is 1. The third kappa shape index (κ3) is 4.38. The molecule has 0 unspecified atom stereocenters. The van der Waals surface area contributed by atoms with Gasteiger partial charge in [-0.15, -0.1) is 11.3 Å². The Kier molecular flexibility index (Phi) is 6.87. The number of sulfonamides is 1. The molecule has 0 saturated carbocycles. The van der Waals surface area contributed by atoms with Crippen molar-refractivity contribution in [1.29, 1.82) is 0 Å². The molecule has 0 saturated heterocycles. The molecule has 0 aliphatic heterocycles. The second kappa shape index (κ2) is 8.60. The van der Waals surface area contributed by atoms with Gasteiger partial charge in [0.1, 0.15) is 9.90 Å². The molecule has 28 heavy (non-hydrogen) atoms. The third-order valence-corrected chi connectivity index (χ3v) is 7.46. The number of carbonyl (C=O) groups is 2. The monoisotopic (exact) mass is 444 g/mol. The van der Waals surface area contributed by atoms with Crippen molar-refractivity contribution >= 4 is 49.8 Å². The predicted molar refractivity (Wildman–Crippen MR) is 110 cm³/mol. The summed E-state index contributed by atoms with van der Waals surface area (Å²) in [6.07, 6.45) is 0. The van der Waals surface area contributed by atoms with Gasteiger partial charge in [-0.25, -0.2) is 17.5 Å². The van der Waals surface area contributed by atoms with Crippen LogP contribution in [0, 0.1) is 13.8 Å². The maximum absolute atomic E-state index is 12.7. The Morgan fingerprint density at radius 1 is 1.25 bits per heavy atom. The molecule has 1 amide bonds. The molecule has 2 aromatic rings. The number of hydrogen-bond acceptors (Lipinski definition) is 6. The highest BCUT2D eigenvalue weighted by Crippen LogP contribution is 2.33.